The summed E-state index contributed by atoms with van der Waals surface area (Å²) in [5.41, 5.74) is 11.1. The molecule has 0 unspecified atom stereocenters. The number of hydrogen-bond acceptors (Lipinski definition) is 8. The fraction of sp³-hybridized carbons (Fsp3) is 0.467. The highest BCUT2D eigenvalue weighted by atomic mass is 16.5. The number of aliphatic imine (C=N–C) groups is 1. The van der Waals surface area contributed by atoms with Gasteiger partial charge in [-0.25, -0.2) is 4.52 Å². The fourth-order valence-electron chi connectivity index (χ4n) is 6.28. The summed E-state index contributed by atoms with van der Waals surface area (Å²) in [4.78, 5) is 12.1. The lowest BCUT2D eigenvalue weighted by molar-refractivity contribution is -0.0918. The van der Waals surface area contributed by atoms with Crippen molar-refractivity contribution in [1.29, 1.82) is 5.26 Å². The third-order valence-corrected chi connectivity index (χ3v) is 8.68. The Labute approximate surface area is 228 Å². The highest BCUT2D eigenvalue weighted by Gasteiger charge is 2.47. The van der Waals surface area contributed by atoms with Crippen LogP contribution in [-0.2, 0) is 4.74 Å². The Bertz CT molecular complexity index is 1440. The monoisotopic (exact) mass is 525 g/mol. The molecule has 2 aliphatic heterocycles. The van der Waals surface area contributed by atoms with Crippen LogP contribution in [0, 0.1) is 16.7 Å². The smallest absolute Gasteiger partial charge is 0.148 e. The van der Waals surface area contributed by atoms with Gasteiger partial charge in [0.1, 0.15) is 29.0 Å². The normalized spacial score (nSPS) is 21.4. The van der Waals surface area contributed by atoms with Crippen LogP contribution in [0.25, 0.3) is 11.1 Å². The Morgan fingerprint density at radius 1 is 1.31 bits per heavy atom. The second kappa shape index (κ2) is 10.4. The van der Waals surface area contributed by atoms with E-state index in [1.165, 1.54) is 25.9 Å². The molecule has 1 spiro atoms. The van der Waals surface area contributed by atoms with E-state index in [1.54, 1.807) is 23.1 Å². The van der Waals surface area contributed by atoms with Crippen LogP contribution in [0.5, 0.6) is 5.75 Å². The van der Waals surface area contributed by atoms with Gasteiger partial charge in [-0.3, -0.25) is 14.9 Å². The zero-order valence-electron chi connectivity index (χ0n) is 22.6. The van der Waals surface area contributed by atoms with E-state index >= 15 is 0 Å². The molecule has 2 N–H and O–H groups in total. The van der Waals surface area contributed by atoms with Gasteiger partial charge in [-0.2, -0.15) is 10.4 Å². The average molecular weight is 526 g/mol. The van der Waals surface area contributed by atoms with Gasteiger partial charge in [0.25, 0.3) is 0 Å². The molecule has 9 nitrogen and oxygen atoms in total. The standard InChI is InChI=1S/C30H35N7O2/c1-20(35-24-12-30(13-24)6-9-36(10-7-30)25-18-38-19-25)26(15-32)22-11-28(29-23(14-31)16-34-37(29)17-22)39-21(2)27-5-3-4-8-33-27/h3-5,8,11,15-17,21,24-25H,6-7,9-10,12-13,18-19,32H2,1-2H3/t21-/m1/s1. The highest BCUT2D eigenvalue weighted by molar-refractivity contribution is 6.22. The number of nitrogens with two attached hydrogens (primary N) is 1. The molecule has 6 rings (SSSR count). The molecule has 0 aromatic carbocycles. The van der Waals surface area contributed by atoms with Crippen LogP contribution < -0.4 is 10.5 Å². The number of fused-ring (bicyclic) bond motifs is 1. The van der Waals surface area contributed by atoms with Gasteiger partial charge in [-0.1, -0.05) is 6.07 Å². The number of allylic oxidation sites excluding steroid dienone is 1. The summed E-state index contributed by atoms with van der Waals surface area (Å²) in [6.45, 7) is 8.09. The lowest BCUT2D eigenvalue weighted by Gasteiger charge is -2.53. The lowest BCUT2D eigenvalue weighted by atomic mass is 9.60. The van der Waals surface area contributed by atoms with Crippen molar-refractivity contribution in [2.24, 2.45) is 16.1 Å². The fourth-order valence-corrected chi connectivity index (χ4v) is 6.28. The van der Waals surface area contributed by atoms with Gasteiger partial charge in [0.2, 0.25) is 0 Å². The number of likely N-dealkylation sites (tertiary alicyclic amines) is 1. The largest absolute Gasteiger partial charge is 0.482 e. The summed E-state index contributed by atoms with van der Waals surface area (Å²) in [6.07, 6.45) is 11.2. The van der Waals surface area contributed by atoms with Crippen LogP contribution in [-0.4, -0.2) is 63.6 Å². The maximum Gasteiger partial charge on any atom is 0.148 e. The van der Waals surface area contributed by atoms with E-state index < -0.39 is 0 Å². The first-order valence-corrected chi connectivity index (χ1v) is 13.8. The second-order valence-electron chi connectivity index (χ2n) is 11.2. The third-order valence-electron chi connectivity index (χ3n) is 8.68. The highest BCUT2D eigenvalue weighted by Crippen LogP contribution is 2.51. The molecule has 1 saturated carbocycles. The number of aromatic nitrogens is 3. The molecule has 3 aliphatic rings. The molecule has 9 heteroatoms. The van der Waals surface area contributed by atoms with Crippen molar-refractivity contribution in [3.8, 4) is 11.8 Å². The van der Waals surface area contributed by atoms with E-state index in [1.807, 2.05) is 44.3 Å². The molecule has 2 saturated heterocycles. The first kappa shape index (κ1) is 25.5. The predicted octanol–water partition coefficient (Wildman–Crippen LogP) is 4.14. The molecule has 1 aliphatic carbocycles. The molecule has 0 amide bonds. The van der Waals surface area contributed by atoms with Crippen molar-refractivity contribution in [3.63, 3.8) is 0 Å². The predicted molar refractivity (Wildman–Crippen MR) is 149 cm³/mol. The van der Waals surface area contributed by atoms with E-state index in [-0.39, 0.29) is 6.10 Å². The number of nitriles is 1. The van der Waals surface area contributed by atoms with Crippen molar-refractivity contribution in [2.75, 3.05) is 26.3 Å². The molecule has 0 radical (unpaired) electrons. The first-order chi connectivity index (χ1) is 19.0. The Morgan fingerprint density at radius 2 is 2.10 bits per heavy atom. The van der Waals surface area contributed by atoms with Crippen LogP contribution >= 0.6 is 0 Å². The summed E-state index contributed by atoms with van der Waals surface area (Å²) < 4.78 is 13.4. The summed E-state index contributed by atoms with van der Waals surface area (Å²) in [5.74, 6) is 0.554. The maximum absolute atomic E-state index is 9.68. The Balaban J connectivity index is 1.20. The minimum absolute atomic E-state index is 0.317. The van der Waals surface area contributed by atoms with Crippen LogP contribution in [0.4, 0.5) is 0 Å². The van der Waals surface area contributed by atoms with Crippen LogP contribution in [0.1, 0.15) is 62.5 Å². The van der Waals surface area contributed by atoms with E-state index in [0.29, 0.717) is 34.3 Å². The number of pyridine rings is 2. The molecular weight excluding hydrogens is 490 g/mol. The van der Waals surface area contributed by atoms with E-state index in [0.717, 1.165) is 48.6 Å². The topological polar surface area (TPSA) is 114 Å². The number of rotatable bonds is 7. The van der Waals surface area contributed by atoms with E-state index in [4.69, 9.17) is 20.2 Å². The van der Waals surface area contributed by atoms with Crippen molar-refractivity contribution in [3.05, 3.63) is 65.9 Å². The SMILES string of the molecule is CC(=NC1CC2(CCN(C3COC3)CC2)C1)C(=CN)c1cc(O[C@H](C)c2ccccn2)c2c(C#N)cnn2c1. The van der Waals surface area contributed by atoms with Crippen molar-refractivity contribution in [1.82, 2.24) is 19.5 Å². The maximum atomic E-state index is 9.68. The summed E-state index contributed by atoms with van der Waals surface area (Å²) in [5, 5.41) is 14.1. The zero-order valence-corrected chi connectivity index (χ0v) is 22.6. The van der Waals surface area contributed by atoms with E-state index in [9.17, 15) is 5.26 Å². The van der Waals surface area contributed by atoms with Crippen molar-refractivity contribution >= 4 is 16.8 Å². The van der Waals surface area contributed by atoms with Gasteiger partial charge >= 0.3 is 0 Å². The number of piperidine rings is 1. The molecule has 3 aromatic rings. The molecule has 5 heterocycles. The van der Waals surface area contributed by atoms with Gasteiger partial charge in [-0.05, 0) is 76.2 Å². The van der Waals surface area contributed by atoms with Gasteiger partial charge in [0.05, 0.1) is 37.2 Å². The molecule has 3 aromatic heterocycles. The second-order valence-corrected chi connectivity index (χ2v) is 11.2. The number of hydrogen-bond donors (Lipinski definition) is 1. The van der Waals surface area contributed by atoms with Crippen molar-refractivity contribution in [2.45, 2.75) is 57.7 Å². The molecule has 0 bridgehead atoms. The van der Waals surface area contributed by atoms with Gasteiger partial charge < -0.3 is 15.2 Å². The number of ether oxygens (including phenoxy) is 2. The first-order valence-electron chi connectivity index (χ1n) is 13.8. The van der Waals surface area contributed by atoms with Crippen LogP contribution in [0.15, 0.2) is 54.0 Å². The van der Waals surface area contributed by atoms with Gasteiger partial charge in [0, 0.05) is 35.4 Å². The van der Waals surface area contributed by atoms with Crippen LogP contribution in [0.2, 0.25) is 0 Å². The van der Waals surface area contributed by atoms with Crippen LogP contribution in [0.3, 0.4) is 0 Å². The minimum atomic E-state index is -0.318. The summed E-state index contributed by atoms with van der Waals surface area (Å²) in [6, 6.07) is 10.8. The average Bonchev–Trinajstić information content (AvgIpc) is 3.32. The Morgan fingerprint density at radius 3 is 2.74 bits per heavy atom. The van der Waals surface area contributed by atoms with Crippen molar-refractivity contribution < 1.29 is 9.47 Å². The molecular formula is C30H35N7O2. The number of nitrogens with zero attached hydrogens (tertiary/aromatic N) is 6. The summed E-state index contributed by atoms with van der Waals surface area (Å²) in [7, 11) is 0. The molecule has 1 atom stereocenters. The summed E-state index contributed by atoms with van der Waals surface area (Å²) >= 11 is 0. The molecule has 3 fully saturated rings. The van der Waals surface area contributed by atoms with Gasteiger partial charge in [0.15, 0.2) is 0 Å². The quantitative estimate of drug-likeness (QED) is 0.461. The molecule has 202 valence electrons. The third kappa shape index (κ3) is 4.90. The zero-order chi connectivity index (χ0) is 27.0. The molecule has 39 heavy (non-hydrogen) atoms. The van der Waals surface area contributed by atoms with E-state index in [2.05, 4.69) is 21.1 Å². The minimum Gasteiger partial charge on any atom is -0.482 e. The Hall–Kier alpha value is -3.74. The lowest BCUT2D eigenvalue weighted by Crippen LogP contribution is -2.56. The Kier molecular flexibility index (Phi) is 6.83. The van der Waals surface area contributed by atoms with Gasteiger partial charge in [-0.15, -0.1) is 0 Å².